The van der Waals surface area contributed by atoms with Gasteiger partial charge in [-0.3, -0.25) is 4.57 Å². The number of H-pyrrole nitrogens is 1. The molecular formula is C14H11ClFN3OS. The lowest BCUT2D eigenvalue weighted by molar-refractivity contribution is 0.321. The lowest BCUT2D eigenvalue weighted by Crippen LogP contribution is -1.99. The lowest BCUT2D eigenvalue weighted by Gasteiger charge is -2.08. The summed E-state index contributed by atoms with van der Waals surface area (Å²) in [6, 6.07) is 6.39. The average Bonchev–Trinajstić information content (AvgIpc) is 2.76. The minimum atomic E-state index is -0.445. The van der Waals surface area contributed by atoms with Gasteiger partial charge in [-0.1, -0.05) is 11.6 Å². The summed E-state index contributed by atoms with van der Waals surface area (Å²) in [5.41, 5.74) is 1.86. The number of nitrogens with zero attached hydrogens (tertiary/aromatic N) is 2. The molecule has 2 heterocycles. The molecule has 2 aromatic heterocycles. The predicted molar refractivity (Wildman–Crippen MR) is 82.4 cm³/mol. The number of imidazole rings is 1. The smallest absolute Gasteiger partial charge is 0.184 e. The van der Waals surface area contributed by atoms with Gasteiger partial charge in [0.25, 0.3) is 0 Å². The van der Waals surface area contributed by atoms with Crippen LogP contribution >= 0.6 is 23.8 Å². The fraction of sp³-hybridized carbons (Fsp3) is 0.143. The van der Waals surface area contributed by atoms with Crippen molar-refractivity contribution in [1.82, 2.24) is 14.5 Å². The number of pyridine rings is 1. The minimum absolute atomic E-state index is 0.212. The number of ether oxygens (including phenoxy) is 1. The highest BCUT2D eigenvalue weighted by molar-refractivity contribution is 7.71. The molecule has 0 spiro atoms. The molecule has 0 radical (unpaired) electrons. The molecule has 0 aliphatic carbocycles. The van der Waals surface area contributed by atoms with Gasteiger partial charge in [0.1, 0.15) is 0 Å². The van der Waals surface area contributed by atoms with Gasteiger partial charge >= 0.3 is 0 Å². The molecule has 0 atom stereocenters. The molecule has 3 aromatic rings. The lowest BCUT2D eigenvalue weighted by atomic mass is 10.3. The van der Waals surface area contributed by atoms with Crippen molar-refractivity contribution in [1.29, 1.82) is 0 Å². The van der Waals surface area contributed by atoms with Crippen molar-refractivity contribution in [3.63, 3.8) is 0 Å². The van der Waals surface area contributed by atoms with E-state index in [0.29, 0.717) is 33.3 Å². The van der Waals surface area contributed by atoms with Crippen molar-refractivity contribution >= 4 is 35.0 Å². The molecular weight excluding hydrogens is 313 g/mol. The Labute approximate surface area is 130 Å². The van der Waals surface area contributed by atoms with E-state index in [1.807, 2.05) is 0 Å². The number of rotatable bonds is 3. The van der Waals surface area contributed by atoms with E-state index in [1.165, 1.54) is 12.3 Å². The molecule has 0 unspecified atom stereocenters. The van der Waals surface area contributed by atoms with E-state index in [4.69, 9.17) is 28.6 Å². The molecule has 0 bridgehead atoms. The molecule has 0 amide bonds. The van der Waals surface area contributed by atoms with Crippen molar-refractivity contribution < 1.29 is 9.13 Å². The Bertz CT molecular complexity index is 874. The number of halogens is 2. The summed E-state index contributed by atoms with van der Waals surface area (Å²) in [6.07, 6.45) is 1.52. The zero-order valence-corrected chi connectivity index (χ0v) is 12.6. The van der Waals surface area contributed by atoms with Crippen molar-refractivity contribution in [2.45, 2.75) is 6.92 Å². The molecule has 108 valence electrons. The number of nitrogens with one attached hydrogen (secondary N) is 1. The Balaban J connectivity index is 2.18. The van der Waals surface area contributed by atoms with E-state index in [1.54, 1.807) is 29.7 Å². The molecule has 0 saturated heterocycles. The van der Waals surface area contributed by atoms with Crippen LogP contribution in [0.15, 0.2) is 30.5 Å². The van der Waals surface area contributed by atoms with Crippen LogP contribution < -0.4 is 4.74 Å². The summed E-state index contributed by atoms with van der Waals surface area (Å²) in [6.45, 7) is 2.21. The van der Waals surface area contributed by atoms with Gasteiger partial charge in [-0.25, -0.2) is 9.37 Å². The summed E-state index contributed by atoms with van der Waals surface area (Å²) in [7, 11) is 0. The third-order valence-electron chi connectivity index (χ3n) is 2.96. The average molecular weight is 324 g/mol. The van der Waals surface area contributed by atoms with Crippen LogP contribution in [-0.4, -0.2) is 21.1 Å². The number of hydrogen-bond donors (Lipinski definition) is 1. The third kappa shape index (κ3) is 2.52. The predicted octanol–water partition coefficient (Wildman–Crippen LogP) is 4.27. The zero-order valence-electron chi connectivity index (χ0n) is 11.1. The molecule has 3 rings (SSSR count). The second kappa shape index (κ2) is 5.46. The number of aromatic nitrogens is 3. The normalized spacial score (nSPS) is 11.0. The quantitative estimate of drug-likeness (QED) is 0.732. The molecule has 0 aliphatic heterocycles. The van der Waals surface area contributed by atoms with Crippen molar-refractivity contribution in [3.05, 3.63) is 46.1 Å². The van der Waals surface area contributed by atoms with Crippen LogP contribution in [-0.2, 0) is 0 Å². The number of fused-ring (bicyclic) bond motifs is 1. The van der Waals surface area contributed by atoms with Crippen molar-refractivity contribution in [3.8, 4) is 11.4 Å². The largest absolute Gasteiger partial charge is 0.491 e. The topological polar surface area (TPSA) is 42.8 Å². The van der Waals surface area contributed by atoms with Gasteiger partial charge in [-0.2, -0.15) is 0 Å². The number of aromatic amines is 1. The van der Waals surface area contributed by atoms with Gasteiger partial charge in [0.15, 0.2) is 22.0 Å². The fourth-order valence-electron chi connectivity index (χ4n) is 2.11. The highest BCUT2D eigenvalue weighted by atomic mass is 35.5. The van der Waals surface area contributed by atoms with Crippen LogP contribution in [0.2, 0.25) is 5.02 Å². The van der Waals surface area contributed by atoms with Crippen LogP contribution in [0, 0.1) is 10.6 Å². The third-order valence-corrected chi connectivity index (χ3v) is 3.45. The summed E-state index contributed by atoms with van der Waals surface area (Å²) in [4.78, 5) is 7.25. The number of benzene rings is 1. The Morgan fingerprint density at radius 2 is 2.24 bits per heavy atom. The zero-order chi connectivity index (χ0) is 15.0. The maximum atomic E-state index is 14.0. The second-order valence-electron chi connectivity index (χ2n) is 4.34. The summed E-state index contributed by atoms with van der Waals surface area (Å²) < 4.78 is 21.3. The second-order valence-corrected chi connectivity index (χ2v) is 5.16. The first kappa shape index (κ1) is 14.0. The van der Waals surface area contributed by atoms with Crippen LogP contribution in [0.1, 0.15) is 6.92 Å². The SMILES string of the molecule is CCOc1ccc(-n2c(=S)[nH]c3cc(Cl)cnc32)cc1F. The van der Waals surface area contributed by atoms with E-state index < -0.39 is 5.82 Å². The maximum absolute atomic E-state index is 14.0. The van der Waals surface area contributed by atoms with Gasteiger partial charge in [-0.05, 0) is 37.3 Å². The van der Waals surface area contributed by atoms with E-state index in [0.717, 1.165) is 0 Å². The van der Waals surface area contributed by atoms with E-state index in [-0.39, 0.29) is 5.75 Å². The summed E-state index contributed by atoms with van der Waals surface area (Å²) in [5, 5.41) is 0.503. The first-order valence-corrected chi connectivity index (χ1v) is 7.07. The van der Waals surface area contributed by atoms with Gasteiger partial charge < -0.3 is 9.72 Å². The van der Waals surface area contributed by atoms with Crippen LogP contribution in [0.4, 0.5) is 4.39 Å². The van der Waals surface area contributed by atoms with Gasteiger partial charge in [-0.15, -0.1) is 0 Å². The molecule has 21 heavy (non-hydrogen) atoms. The van der Waals surface area contributed by atoms with Gasteiger partial charge in [0, 0.05) is 12.3 Å². The monoisotopic (exact) mass is 323 g/mol. The summed E-state index contributed by atoms with van der Waals surface area (Å²) >= 11 is 11.2. The molecule has 0 aliphatic rings. The van der Waals surface area contributed by atoms with Crippen LogP contribution in [0.5, 0.6) is 5.75 Å². The Hall–Kier alpha value is -1.92. The standard InChI is InChI=1S/C14H11ClFN3OS/c1-2-20-12-4-3-9(6-10(12)16)19-13-11(18-14(19)21)5-8(15)7-17-13/h3-7H,2H2,1H3,(H,18,21). The minimum Gasteiger partial charge on any atom is -0.491 e. The van der Waals surface area contributed by atoms with Gasteiger partial charge in [0.2, 0.25) is 0 Å². The van der Waals surface area contributed by atoms with Crippen LogP contribution in [0.25, 0.3) is 16.9 Å². The van der Waals surface area contributed by atoms with E-state index >= 15 is 0 Å². The van der Waals surface area contributed by atoms with Crippen molar-refractivity contribution in [2.24, 2.45) is 0 Å². The van der Waals surface area contributed by atoms with Crippen LogP contribution in [0.3, 0.4) is 0 Å². The molecule has 7 heteroatoms. The number of hydrogen-bond acceptors (Lipinski definition) is 3. The van der Waals surface area contributed by atoms with E-state index in [2.05, 4.69) is 9.97 Å². The fourth-order valence-corrected chi connectivity index (χ4v) is 2.57. The Kier molecular flexibility index (Phi) is 3.65. The highest BCUT2D eigenvalue weighted by Gasteiger charge is 2.11. The molecule has 1 N–H and O–H groups in total. The Morgan fingerprint density at radius 1 is 1.43 bits per heavy atom. The molecule has 1 aromatic carbocycles. The van der Waals surface area contributed by atoms with Gasteiger partial charge in [0.05, 0.1) is 22.8 Å². The highest BCUT2D eigenvalue weighted by Crippen LogP contribution is 2.24. The maximum Gasteiger partial charge on any atom is 0.184 e. The first-order chi connectivity index (χ1) is 10.1. The first-order valence-electron chi connectivity index (χ1n) is 6.29. The van der Waals surface area contributed by atoms with E-state index in [9.17, 15) is 4.39 Å². The molecule has 0 fully saturated rings. The Morgan fingerprint density at radius 3 is 2.95 bits per heavy atom. The molecule has 0 saturated carbocycles. The van der Waals surface area contributed by atoms with Crippen molar-refractivity contribution in [2.75, 3.05) is 6.61 Å². The summed E-state index contributed by atoms with van der Waals surface area (Å²) in [5.74, 6) is -0.233. The molecule has 4 nitrogen and oxygen atoms in total.